The smallest absolute Gasteiger partial charge is 0.336 e. The molecule has 0 atom stereocenters. The largest absolute Gasteiger partial charge is 0.497 e. The first kappa shape index (κ1) is 11.3. The molecule has 14 heavy (non-hydrogen) atoms. The molecule has 0 spiro atoms. The number of carboxylic acid groups (broad SMARTS) is 1. The molecular weight excluding hydrogens is 295 g/mol. The maximum atomic E-state index is 10.9. The number of hydrogen-bond acceptors (Lipinski definition) is 2. The number of ether oxygens (including phenoxy) is 1. The molecular formula is C10H11IO3. The zero-order valence-corrected chi connectivity index (χ0v) is 10.2. The van der Waals surface area contributed by atoms with E-state index in [0.29, 0.717) is 17.7 Å². The Morgan fingerprint density at radius 1 is 1.57 bits per heavy atom. The van der Waals surface area contributed by atoms with Gasteiger partial charge in [-0.25, -0.2) is 4.79 Å². The minimum atomic E-state index is -0.904. The van der Waals surface area contributed by atoms with Crippen LogP contribution in [0.4, 0.5) is 0 Å². The molecule has 0 aromatic heterocycles. The molecule has 0 radical (unpaired) electrons. The van der Waals surface area contributed by atoms with Crippen molar-refractivity contribution in [1.82, 2.24) is 0 Å². The third-order valence-corrected chi connectivity index (χ3v) is 2.95. The zero-order valence-electron chi connectivity index (χ0n) is 8.00. The fraction of sp³-hybridized carbons (Fsp3) is 0.300. The normalized spacial score (nSPS) is 9.93. The van der Waals surface area contributed by atoms with Crippen LogP contribution in [0, 0.1) is 3.57 Å². The van der Waals surface area contributed by atoms with Gasteiger partial charge in [-0.2, -0.15) is 0 Å². The van der Waals surface area contributed by atoms with E-state index >= 15 is 0 Å². The van der Waals surface area contributed by atoms with Crippen molar-refractivity contribution in [3.63, 3.8) is 0 Å². The first-order valence-corrected chi connectivity index (χ1v) is 5.27. The van der Waals surface area contributed by atoms with E-state index < -0.39 is 5.97 Å². The summed E-state index contributed by atoms with van der Waals surface area (Å²) in [4.78, 5) is 10.9. The summed E-state index contributed by atoms with van der Waals surface area (Å²) in [7, 11) is 1.53. The standard InChI is InChI=1S/C10H11IO3/c1-3-7-8(10(12)13)4-6(14-2)5-9(7)11/h4-5H,3H2,1-2H3,(H,12,13). The van der Waals surface area contributed by atoms with E-state index in [1.807, 2.05) is 13.0 Å². The summed E-state index contributed by atoms with van der Waals surface area (Å²) >= 11 is 2.12. The van der Waals surface area contributed by atoms with Gasteiger partial charge in [0.2, 0.25) is 0 Å². The second kappa shape index (κ2) is 4.63. The Morgan fingerprint density at radius 2 is 2.21 bits per heavy atom. The van der Waals surface area contributed by atoms with Crippen molar-refractivity contribution in [3.8, 4) is 5.75 Å². The quantitative estimate of drug-likeness (QED) is 0.873. The van der Waals surface area contributed by atoms with Crippen molar-refractivity contribution in [2.24, 2.45) is 0 Å². The molecule has 1 N–H and O–H groups in total. The van der Waals surface area contributed by atoms with E-state index in [9.17, 15) is 4.79 Å². The van der Waals surface area contributed by atoms with Crippen LogP contribution < -0.4 is 4.74 Å². The summed E-state index contributed by atoms with van der Waals surface area (Å²) in [5.41, 5.74) is 1.19. The van der Waals surface area contributed by atoms with Gasteiger partial charge in [-0.05, 0) is 46.7 Å². The van der Waals surface area contributed by atoms with E-state index in [4.69, 9.17) is 9.84 Å². The molecule has 0 unspecified atom stereocenters. The van der Waals surface area contributed by atoms with Gasteiger partial charge in [-0.1, -0.05) is 6.92 Å². The number of rotatable bonds is 3. The Hall–Kier alpha value is -0.780. The molecule has 0 saturated heterocycles. The molecule has 0 heterocycles. The highest BCUT2D eigenvalue weighted by Gasteiger charge is 2.13. The lowest BCUT2D eigenvalue weighted by Gasteiger charge is -2.09. The molecule has 1 aromatic carbocycles. The molecule has 1 aromatic rings. The number of carbonyl (C=O) groups is 1. The van der Waals surface area contributed by atoms with Gasteiger partial charge in [0.05, 0.1) is 12.7 Å². The summed E-state index contributed by atoms with van der Waals surface area (Å²) in [6.45, 7) is 1.94. The lowest BCUT2D eigenvalue weighted by Crippen LogP contribution is -2.04. The van der Waals surface area contributed by atoms with Gasteiger partial charge in [0.1, 0.15) is 5.75 Å². The lowest BCUT2D eigenvalue weighted by molar-refractivity contribution is 0.0695. The third-order valence-electron chi connectivity index (χ3n) is 1.99. The number of hydrogen-bond donors (Lipinski definition) is 1. The van der Waals surface area contributed by atoms with Crippen molar-refractivity contribution in [1.29, 1.82) is 0 Å². The fourth-order valence-electron chi connectivity index (χ4n) is 1.28. The van der Waals surface area contributed by atoms with Gasteiger partial charge in [0.25, 0.3) is 0 Å². The van der Waals surface area contributed by atoms with Gasteiger partial charge in [0.15, 0.2) is 0 Å². The molecule has 0 fully saturated rings. The van der Waals surface area contributed by atoms with Gasteiger partial charge in [0, 0.05) is 3.57 Å². The molecule has 1 rings (SSSR count). The maximum Gasteiger partial charge on any atom is 0.336 e. The highest BCUT2D eigenvalue weighted by Crippen LogP contribution is 2.24. The average molecular weight is 306 g/mol. The minimum absolute atomic E-state index is 0.330. The summed E-state index contributed by atoms with van der Waals surface area (Å²) in [6.07, 6.45) is 0.712. The minimum Gasteiger partial charge on any atom is -0.497 e. The van der Waals surface area contributed by atoms with Crippen molar-refractivity contribution in [3.05, 3.63) is 26.8 Å². The molecule has 0 bridgehead atoms. The summed E-state index contributed by atoms with van der Waals surface area (Å²) in [5.74, 6) is -0.317. The number of methoxy groups -OCH3 is 1. The molecule has 76 valence electrons. The van der Waals surface area contributed by atoms with Crippen molar-refractivity contribution in [2.45, 2.75) is 13.3 Å². The predicted octanol–water partition coefficient (Wildman–Crippen LogP) is 2.56. The first-order valence-electron chi connectivity index (χ1n) is 4.19. The first-order chi connectivity index (χ1) is 6.60. The monoisotopic (exact) mass is 306 g/mol. The molecule has 0 saturated carbocycles. The Labute approximate surface area is 96.2 Å². The number of halogens is 1. The fourth-order valence-corrected chi connectivity index (χ4v) is 2.26. The molecule has 0 aliphatic rings. The van der Waals surface area contributed by atoms with Crippen LogP contribution in [-0.2, 0) is 6.42 Å². The predicted molar refractivity (Wildman–Crippen MR) is 62.0 cm³/mol. The average Bonchev–Trinajstić information content (AvgIpc) is 2.16. The second-order valence-electron chi connectivity index (χ2n) is 2.79. The SMILES string of the molecule is CCc1c(I)cc(OC)cc1C(=O)O. The number of carboxylic acids is 1. The van der Waals surface area contributed by atoms with Crippen LogP contribution in [0.1, 0.15) is 22.8 Å². The van der Waals surface area contributed by atoms with E-state index in [0.717, 1.165) is 9.13 Å². The summed E-state index contributed by atoms with van der Waals surface area (Å²) < 4.78 is 5.95. The van der Waals surface area contributed by atoms with Crippen LogP contribution in [0.5, 0.6) is 5.75 Å². The van der Waals surface area contributed by atoms with Crippen LogP contribution in [0.3, 0.4) is 0 Å². The molecule has 3 nitrogen and oxygen atoms in total. The molecule has 0 amide bonds. The van der Waals surface area contributed by atoms with Crippen molar-refractivity contribution in [2.75, 3.05) is 7.11 Å². The Bertz CT molecular complexity index is 361. The van der Waals surface area contributed by atoms with Gasteiger partial charge in [-0.15, -0.1) is 0 Å². The molecule has 0 aliphatic carbocycles. The van der Waals surface area contributed by atoms with Gasteiger partial charge in [-0.3, -0.25) is 0 Å². The number of benzene rings is 1. The van der Waals surface area contributed by atoms with Gasteiger partial charge < -0.3 is 9.84 Å². The van der Waals surface area contributed by atoms with Crippen LogP contribution >= 0.6 is 22.6 Å². The Kier molecular flexibility index (Phi) is 3.74. The van der Waals surface area contributed by atoms with Crippen LogP contribution in [0.15, 0.2) is 12.1 Å². The lowest BCUT2D eigenvalue weighted by atomic mass is 10.1. The van der Waals surface area contributed by atoms with Crippen molar-refractivity contribution < 1.29 is 14.6 Å². The number of aromatic carboxylic acids is 1. The van der Waals surface area contributed by atoms with Crippen LogP contribution in [0.25, 0.3) is 0 Å². The van der Waals surface area contributed by atoms with Crippen molar-refractivity contribution >= 4 is 28.6 Å². The summed E-state index contributed by atoms with van der Waals surface area (Å²) in [6, 6.07) is 3.40. The van der Waals surface area contributed by atoms with E-state index in [-0.39, 0.29) is 0 Å². The molecule has 0 aliphatic heterocycles. The summed E-state index contributed by atoms with van der Waals surface area (Å²) in [5, 5.41) is 8.98. The Balaban J connectivity index is 3.35. The van der Waals surface area contributed by atoms with E-state index in [2.05, 4.69) is 22.6 Å². The third kappa shape index (κ3) is 2.17. The highest BCUT2D eigenvalue weighted by molar-refractivity contribution is 14.1. The van der Waals surface area contributed by atoms with Crippen LogP contribution in [-0.4, -0.2) is 18.2 Å². The van der Waals surface area contributed by atoms with Crippen LogP contribution in [0.2, 0.25) is 0 Å². The second-order valence-corrected chi connectivity index (χ2v) is 3.96. The molecule has 4 heteroatoms. The highest BCUT2D eigenvalue weighted by atomic mass is 127. The van der Waals surface area contributed by atoms with E-state index in [1.54, 1.807) is 6.07 Å². The van der Waals surface area contributed by atoms with E-state index in [1.165, 1.54) is 7.11 Å². The Morgan fingerprint density at radius 3 is 2.64 bits per heavy atom. The topological polar surface area (TPSA) is 46.5 Å². The maximum absolute atomic E-state index is 10.9. The van der Waals surface area contributed by atoms with Gasteiger partial charge >= 0.3 is 5.97 Å². The zero-order chi connectivity index (χ0) is 10.7.